The minimum atomic E-state index is -0.344. The van der Waals surface area contributed by atoms with E-state index in [2.05, 4.69) is 5.32 Å². The number of hydrogen-bond donors (Lipinski definition) is 1. The van der Waals surface area contributed by atoms with Gasteiger partial charge in [0.05, 0.1) is 13.0 Å². The fourth-order valence-corrected chi connectivity index (χ4v) is 3.91. The van der Waals surface area contributed by atoms with Crippen molar-refractivity contribution in [2.24, 2.45) is 5.92 Å². The van der Waals surface area contributed by atoms with Gasteiger partial charge in [-0.05, 0) is 48.6 Å². The second kappa shape index (κ2) is 9.59. The van der Waals surface area contributed by atoms with Crippen LogP contribution >= 0.6 is 11.8 Å². The molecule has 0 saturated carbocycles. The Kier molecular flexibility index (Phi) is 6.92. The van der Waals surface area contributed by atoms with E-state index in [9.17, 15) is 14.0 Å². The first kappa shape index (κ1) is 20.2. The molecule has 1 fully saturated rings. The Labute approximate surface area is 168 Å². The van der Waals surface area contributed by atoms with Crippen molar-refractivity contribution in [1.29, 1.82) is 0 Å². The number of benzene rings is 2. The highest BCUT2D eigenvalue weighted by atomic mass is 32.2. The molecule has 0 spiro atoms. The minimum Gasteiger partial charge on any atom is -0.497 e. The van der Waals surface area contributed by atoms with Gasteiger partial charge in [0, 0.05) is 36.2 Å². The van der Waals surface area contributed by atoms with Gasteiger partial charge in [0.15, 0.2) is 0 Å². The van der Waals surface area contributed by atoms with Gasteiger partial charge in [0.2, 0.25) is 11.8 Å². The largest absolute Gasteiger partial charge is 0.497 e. The summed E-state index contributed by atoms with van der Waals surface area (Å²) in [6, 6.07) is 13.7. The van der Waals surface area contributed by atoms with E-state index in [1.807, 2.05) is 18.2 Å². The van der Waals surface area contributed by atoms with Gasteiger partial charge in [-0.2, -0.15) is 0 Å². The SMILES string of the molecule is COc1cccc(N2CC(C(=O)NCCCSc3ccc(F)cc3)CC2=O)c1. The van der Waals surface area contributed by atoms with Gasteiger partial charge in [0.1, 0.15) is 11.6 Å². The predicted molar refractivity (Wildman–Crippen MR) is 108 cm³/mol. The number of anilines is 1. The summed E-state index contributed by atoms with van der Waals surface area (Å²) in [5.41, 5.74) is 0.746. The monoisotopic (exact) mass is 402 g/mol. The number of methoxy groups -OCH3 is 1. The Hall–Kier alpha value is -2.54. The van der Waals surface area contributed by atoms with Crippen molar-refractivity contribution in [3.8, 4) is 5.75 Å². The zero-order valence-electron chi connectivity index (χ0n) is 15.7. The highest BCUT2D eigenvalue weighted by molar-refractivity contribution is 7.99. The van der Waals surface area contributed by atoms with Gasteiger partial charge in [-0.1, -0.05) is 6.07 Å². The van der Waals surface area contributed by atoms with Gasteiger partial charge >= 0.3 is 0 Å². The van der Waals surface area contributed by atoms with Crippen LogP contribution in [0, 0.1) is 11.7 Å². The molecule has 2 aromatic carbocycles. The molecule has 1 aliphatic rings. The highest BCUT2D eigenvalue weighted by Crippen LogP contribution is 2.28. The molecule has 7 heteroatoms. The molecule has 1 N–H and O–H groups in total. The second-order valence-electron chi connectivity index (χ2n) is 6.55. The molecule has 1 heterocycles. The fraction of sp³-hybridized carbons (Fsp3) is 0.333. The van der Waals surface area contributed by atoms with Crippen LogP contribution in [0.2, 0.25) is 0 Å². The van der Waals surface area contributed by atoms with Crippen LogP contribution < -0.4 is 15.0 Å². The van der Waals surface area contributed by atoms with Gasteiger partial charge in [-0.15, -0.1) is 11.8 Å². The highest BCUT2D eigenvalue weighted by Gasteiger charge is 2.35. The zero-order valence-corrected chi connectivity index (χ0v) is 16.5. The van der Waals surface area contributed by atoms with Gasteiger partial charge in [-0.25, -0.2) is 4.39 Å². The number of ether oxygens (including phenoxy) is 1. The Morgan fingerprint density at radius 2 is 2.07 bits per heavy atom. The molecular weight excluding hydrogens is 379 g/mol. The molecule has 1 atom stereocenters. The summed E-state index contributed by atoms with van der Waals surface area (Å²) in [6.07, 6.45) is 1.02. The van der Waals surface area contributed by atoms with Crippen LogP contribution in [0.3, 0.4) is 0 Å². The summed E-state index contributed by atoms with van der Waals surface area (Å²) in [6.45, 7) is 0.930. The molecule has 0 bridgehead atoms. The summed E-state index contributed by atoms with van der Waals surface area (Å²) >= 11 is 1.62. The lowest BCUT2D eigenvalue weighted by molar-refractivity contribution is -0.126. The van der Waals surface area contributed by atoms with Crippen LogP contribution in [-0.2, 0) is 9.59 Å². The van der Waals surface area contributed by atoms with E-state index in [1.54, 1.807) is 42.0 Å². The third-order valence-corrected chi connectivity index (χ3v) is 5.66. The molecule has 0 aliphatic carbocycles. The first-order chi connectivity index (χ1) is 13.6. The number of nitrogens with one attached hydrogen (secondary N) is 1. The maximum absolute atomic E-state index is 12.9. The van der Waals surface area contributed by atoms with Crippen LogP contribution in [0.25, 0.3) is 0 Å². The average Bonchev–Trinajstić information content (AvgIpc) is 3.11. The number of amides is 2. The first-order valence-corrected chi connectivity index (χ1v) is 10.2. The quantitative estimate of drug-likeness (QED) is 0.543. The lowest BCUT2D eigenvalue weighted by Gasteiger charge is -2.17. The normalized spacial score (nSPS) is 16.3. The minimum absolute atomic E-state index is 0.0553. The molecule has 1 saturated heterocycles. The third kappa shape index (κ3) is 5.25. The third-order valence-electron chi connectivity index (χ3n) is 4.56. The molecule has 0 radical (unpaired) electrons. The van der Waals surface area contributed by atoms with Crippen LogP contribution in [0.1, 0.15) is 12.8 Å². The summed E-state index contributed by atoms with van der Waals surface area (Å²) < 4.78 is 18.1. The summed E-state index contributed by atoms with van der Waals surface area (Å²) in [5.74, 6) is 0.766. The first-order valence-electron chi connectivity index (χ1n) is 9.17. The standard InChI is InChI=1S/C21H23FN2O3S/c1-27-18-5-2-4-17(13-18)24-14-15(12-20(24)25)21(26)23-10-3-11-28-19-8-6-16(22)7-9-19/h2,4-9,13,15H,3,10-12,14H2,1H3,(H,23,26). The Bertz CT molecular complexity index is 829. The molecule has 2 aromatic rings. The average molecular weight is 402 g/mol. The topological polar surface area (TPSA) is 58.6 Å². The van der Waals surface area contributed by atoms with Crippen molar-refractivity contribution in [1.82, 2.24) is 5.32 Å². The van der Waals surface area contributed by atoms with Gasteiger partial charge in [0.25, 0.3) is 0 Å². The lowest BCUT2D eigenvalue weighted by atomic mass is 10.1. The van der Waals surface area contributed by atoms with Crippen LogP contribution in [-0.4, -0.2) is 37.8 Å². The fourth-order valence-electron chi connectivity index (χ4n) is 3.06. The van der Waals surface area contributed by atoms with Gasteiger partial charge < -0.3 is 15.0 Å². The molecule has 0 aromatic heterocycles. The van der Waals surface area contributed by atoms with Crippen molar-refractivity contribution in [2.75, 3.05) is 30.9 Å². The van der Waals surface area contributed by atoms with Crippen molar-refractivity contribution in [2.45, 2.75) is 17.7 Å². The Balaban J connectivity index is 1.42. The molecule has 1 unspecified atom stereocenters. The Morgan fingerprint density at radius 3 is 2.82 bits per heavy atom. The molecule has 3 rings (SSSR count). The lowest BCUT2D eigenvalue weighted by Crippen LogP contribution is -2.33. The maximum atomic E-state index is 12.9. The number of carbonyl (C=O) groups excluding carboxylic acids is 2. The van der Waals surface area contributed by atoms with Gasteiger partial charge in [-0.3, -0.25) is 9.59 Å². The van der Waals surface area contributed by atoms with Crippen molar-refractivity contribution in [3.63, 3.8) is 0 Å². The van der Waals surface area contributed by atoms with E-state index in [4.69, 9.17) is 4.74 Å². The van der Waals surface area contributed by atoms with E-state index < -0.39 is 0 Å². The smallest absolute Gasteiger partial charge is 0.227 e. The summed E-state index contributed by atoms with van der Waals surface area (Å²) in [4.78, 5) is 27.4. The van der Waals surface area contributed by atoms with E-state index in [0.29, 0.717) is 18.8 Å². The van der Waals surface area contributed by atoms with Crippen LogP contribution in [0.4, 0.5) is 10.1 Å². The number of nitrogens with zero attached hydrogens (tertiary/aromatic N) is 1. The number of halogens is 1. The van der Waals surface area contributed by atoms with Crippen LogP contribution in [0.15, 0.2) is 53.4 Å². The predicted octanol–water partition coefficient (Wildman–Crippen LogP) is 3.49. The number of thioether (sulfide) groups is 1. The van der Waals surface area contributed by atoms with Crippen LogP contribution in [0.5, 0.6) is 5.75 Å². The summed E-state index contributed by atoms with van der Waals surface area (Å²) in [7, 11) is 1.58. The molecule has 2 amide bonds. The van der Waals surface area contributed by atoms with E-state index >= 15 is 0 Å². The maximum Gasteiger partial charge on any atom is 0.227 e. The second-order valence-corrected chi connectivity index (χ2v) is 7.72. The Morgan fingerprint density at radius 1 is 1.29 bits per heavy atom. The van der Waals surface area contributed by atoms with Crippen molar-refractivity contribution in [3.05, 3.63) is 54.3 Å². The molecule has 1 aliphatic heterocycles. The molecular formula is C21H23FN2O3S. The molecule has 28 heavy (non-hydrogen) atoms. The number of rotatable bonds is 8. The van der Waals surface area contributed by atoms with E-state index in [0.717, 1.165) is 22.8 Å². The van der Waals surface area contributed by atoms with Crippen molar-refractivity contribution < 1.29 is 18.7 Å². The summed E-state index contributed by atoms with van der Waals surface area (Å²) in [5, 5.41) is 2.92. The van der Waals surface area contributed by atoms with E-state index in [1.165, 1.54) is 12.1 Å². The molecule has 148 valence electrons. The van der Waals surface area contributed by atoms with Crippen molar-refractivity contribution >= 4 is 29.3 Å². The molecule has 5 nitrogen and oxygen atoms in total. The number of carbonyl (C=O) groups is 2. The number of hydrogen-bond acceptors (Lipinski definition) is 4. The van der Waals surface area contributed by atoms with E-state index in [-0.39, 0.29) is 30.0 Å². The zero-order chi connectivity index (χ0) is 19.9.